The Bertz CT molecular complexity index is 618. The maximum atomic E-state index is 12.2. The molecular formula is C16H24N4O2. The summed E-state index contributed by atoms with van der Waals surface area (Å²) in [5.41, 5.74) is 1.90. The quantitative estimate of drug-likeness (QED) is 0.729. The Morgan fingerprint density at radius 2 is 2.00 bits per heavy atom. The van der Waals surface area contributed by atoms with E-state index < -0.39 is 0 Å². The molecule has 0 aliphatic heterocycles. The van der Waals surface area contributed by atoms with Crippen molar-refractivity contribution < 1.29 is 9.53 Å². The van der Waals surface area contributed by atoms with E-state index in [4.69, 9.17) is 4.74 Å². The summed E-state index contributed by atoms with van der Waals surface area (Å²) < 4.78 is 5.15. The van der Waals surface area contributed by atoms with Crippen molar-refractivity contribution in [1.29, 1.82) is 0 Å². The number of aromatic amines is 1. The number of pyridine rings is 1. The predicted molar refractivity (Wildman–Crippen MR) is 87.1 cm³/mol. The number of hydrogen-bond acceptors (Lipinski definition) is 5. The van der Waals surface area contributed by atoms with Crippen molar-refractivity contribution in [1.82, 2.24) is 15.2 Å². The summed E-state index contributed by atoms with van der Waals surface area (Å²) in [7, 11) is 0. The number of anilines is 1. The van der Waals surface area contributed by atoms with Gasteiger partial charge in [-0.3, -0.25) is 5.10 Å². The summed E-state index contributed by atoms with van der Waals surface area (Å²) >= 11 is 0. The Labute approximate surface area is 130 Å². The molecule has 0 saturated carbocycles. The Balaban J connectivity index is 2.40. The summed E-state index contributed by atoms with van der Waals surface area (Å²) in [5.74, 6) is -0.354. The molecule has 0 unspecified atom stereocenters. The molecule has 2 rings (SSSR count). The SMILES string of the molecule is CCCC(CCC)Nc1c(C(=O)OCC)cnc2[nH]ncc12. The Morgan fingerprint density at radius 1 is 1.27 bits per heavy atom. The average molecular weight is 304 g/mol. The van der Waals surface area contributed by atoms with Crippen LogP contribution in [0.2, 0.25) is 0 Å². The van der Waals surface area contributed by atoms with Crippen LogP contribution in [-0.2, 0) is 4.74 Å². The summed E-state index contributed by atoms with van der Waals surface area (Å²) in [6, 6.07) is 0.323. The topological polar surface area (TPSA) is 79.9 Å². The van der Waals surface area contributed by atoms with Crippen molar-refractivity contribution in [3.05, 3.63) is 18.0 Å². The second-order valence-corrected chi connectivity index (χ2v) is 5.32. The smallest absolute Gasteiger partial charge is 0.341 e. The molecule has 0 aliphatic rings. The minimum atomic E-state index is -0.354. The molecule has 0 atom stereocenters. The normalized spacial score (nSPS) is 11.1. The zero-order valence-corrected chi connectivity index (χ0v) is 13.5. The number of hydrogen-bond donors (Lipinski definition) is 2. The Hall–Kier alpha value is -2.11. The van der Waals surface area contributed by atoms with Gasteiger partial charge in [-0.15, -0.1) is 0 Å². The highest BCUT2D eigenvalue weighted by Crippen LogP contribution is 2.27. The van der Waals surface area contributed by atoms with Gasteiger partial charge in [-0.1, -0.05) is 26.7 Å². The summed E-state index contributed by atoms with van der Waals surface area (Å²) in [4.78, 5) is 16.4. The number of aromatic nitrogens is 3. The summed E-state index contributed by atoms with van der Waals surface area (Å²) in [5, 5.41) is 11.2. The van der Waals surface area contributed by atoms with Gasteiger partial charge in [0.2, 0.25) is 0 Å². The van der Waals surface area contributed by atoms with E-state index >= 15 is 0 Å². The van der Waals surface area contributed by atoms with Crippen molar-refractivity contribution in [2.45, 2.75) is 52.5 Å². The van der Waals surface area contributed by atoms with Crippen LogP contribution in [0, 0.1) is 0 Å². The molecule has 22 heavy (non-hydrogen) atoms. The monoisotopic (exact) mass is 304 g/mol. The molecule has 0 radical (unpaired) electrons. The highest BCUT2D eigenvalue weighted by atomic mass is 16.5. The highest BCUT2D eigenvalue weighted by molar-refractivity contribution is 6.04. The van der Waals surface area contributed by atoms with Gasteiger partial charge >= 0.3 is 5.97 Å². The standard InChI is InChI=1S/C16H24N4O2/c1-4-7-11(8-5-2)19-14-12-10-18-20-15(12)17-9-13(14)16(21)22-6-3/h9-11H,4-8H2,1-3H3,(H2,17,18,19,20). The lowest BCUT2D eigenvalue weighted by Crippen LogP contribution is -2.21. The molecular weight excluding hydrogens is 280 g/mol. The number of rotatable bonds is 8. The van der Waals surface area contributed by atoms with Crippen LogP contribution in [0.15, 0.2) is 12.4 Å². The second-order valence-electron chi connectivity index (χ2n) is 5.32. The van der Waals surface area contributed by atoms with E-state index in [2.05, 4.69) is 34.3 Å². The number of fused-ring (bicyclic) bond motifs is 1. The first-order valence-electron chi connectivity index (χ1n) is 7.96. The number of carbonyl (C=O) groups is 1. The van der Waals surface area contributed by atoms with E-state index in [0.29, 0.717) is 23.9 Å². The fraction of sp³-hybridized carbons (Fsp3) is 0.562. The highest BCUT2D eigenvalue weighted by Gasteiger charge is 2.19. The van der Waals surface area contributed by atoms with E-state index in [1.54, 1.807) is 19.3 Å². The van der Waals surface area contributed by atoms with Crippen LogP contribution in [0.3, 0.4) is 0 Å². The minimum Gasteiger partial charge on any atom is -0.462 e. The molecule has 0 amide bonds. The lowest BCUT2D eigenvalue weighted by atomic mass is 10.0. The summed E-state index contributed by atoms with van der Waals surface area (Å²) in [6.07, 6.45) is 7.53. The molecule has 0 spiro atoms. The van der Waals surface area contributed by atoms with Crippen molar-refractivity contribution in [3.8, 4) is 0 Å². The fourth-order valence-corrected chi connectivity index (χ4v) is 2.61. The van der Waals surface area contributed by atoms with Gasteiger partial charge < -0.3 is 10.1 Å². The van der Waals surface area contributed by atoms with Gasteiger partial charge in [0.1, 0.15) is 5.56 Å². The molecule has 0 aromatic carbocycles. The molecule has 0 saturated heterocycles. The van der Waals surface area contributed by atoms with Crippen molar-refractivity contribution in [2.24, 2.45) is 0 Å². The zero-order chi connectivity index (χ0) is 15.9. The van der Waals surface area contributed by atoms with Crippen molar-refractivity contribution in [2.75, 3.05) is 11.9 Å². The third-order valence-corrected chi connectivity index (χ3v) is 3.60. The molecule has 2 heterocycles. The largest absolute Gasteiger partial charge is 0.462 e. The molecule has 120 valence electrons. The van der Waals surface area contributed by atoms with E-state index in [0.717, 1.165) is 36.8 Å². The molecule has 0 fully saturated rings. The van der Waals surface area contributed by atoms with Gasteiger partial charge in [0, 0.05) is 12.2 Å². The van der Waals surface area contributed by atoms with Gasteiger partial charge in [0.05, 0.1) is 23.9 Å². The first-order chi connectivity index (χ1) is 10.7. The van der Waals surface area contributed by atoms with Gasteiger partial charge in [-0.25, -0.2) is 9.78 Å². The first-order valence-corrected chi connectivity index (χ1v) is 7.96. The molecule has 0 aliphatic carbocycles. The zero-order valence-electron chi connectivity index (χ0n) is 13.5. The maximum absolute atomic E-state index is 12.2. The number of nitrogens with zero attached hydrogens (tertiary/aromatic N) is 2. The van der Waals surface area contributed by atoms with Crippen LogP contribution in [-0.4, -0.2) is 33.8 Å². The van der Waals surface area contributed by atoms with Crippen LogP contribution in [0.1, 0.15) is 56.8 Å². The van der Waals surface area contributed by atoms with Gasteiger partial charge in [0.15, 0.2) is 5.65 Å². The number of nitrogens with one attached hydrogen (secondary N) is 2. The number of carbonyl (C=O) groups excluding carboxylic acids is 1. The van der Waals surface area contributed by atoms with Crippen LogP contribution >= 0.6 is 0 Å². The fourth-order valence-electron chi connectivity index (χ4n) is 2.61. The molecule has 0 bridgehead atoms. The van der Waals surface area contributed by atoms with Crippen LogP contribution in [0.4, 0.5) is 5.69 Å². The van der Waals surface area contributed by atoms with Gasteiger partial charge in [0.25, 0.3) is 0 Å². The first kappa shape index (κ1) is 16.3. The van der Waals surface area contributed by atoms with E-state index in [1.807, 2.05) is 0 Å². The molecule has 2 aromatic heterocycles. The lowest BCUT2D eigenvalue weighted by molar-refractivity contribution is 0.0527. The third-order valence-electron chi connectivity index (χ3n) is 3.60. The minimum absolute atomic E-state index is 0.323. The lowest BCUT2D eigenvalue weighted by Gasteiger charge is -2.21. The van der Waals surface area contributed by atoms with E-state index in [9.17, 15) is 4.79 Å². The van der Waals surface area contributed by atoms with Crippen LogP contribution < -0.4 is 5.32 Å². The second kappa shape index (κ2) is 7.77. The Morgan fingerprint density at radius 3 is 2.64 bits per heavy atom. The maximum Gasteiger partial charge on any atom is 0.341 e. The molecule has 2 N–H and O–H groups in total. The average Bonchev–Trinajstić information content (AvgIpc) is 2.97. The van der Waals surface area contributed by atoms with Crippen LogP contribution in [0.25, 0.3) is 11.0 Å². The number of ether oxygens (including phenoxy) is 1. The summed E-state index contributed by atoms with van der Waals surface area (Å²) in [6.45, 7) is 6.47. The molecule has 6 nitrogen and oxygen atoms in total. The number of esters is 1. The van der Waals surface area contributed by atoms with E-state index in [1.165, 1.54) is 0 Å². The predicted octanol–water partition coefficient (Wildman–Crippen LogP) is 3.52. The Kier molecular flexibility index (Phi) is 5.75. The molecule has 2 aromatic rings. The number of H-pyrrole nitrogens is 1. The van der Waals surface area contributed by atoms with Crippen molar-refractivity contribution in [3.63, 3.8) is 0 Å². The van der Waals surface area contributed by atoms with E-state index in [-0.39, 0.29) is 5.97 Å². The third kappa shape index (κ3) is 3.55. The van der Waals surface area contributed by atoms with Gasteiger partial charge in [-0.05, 0) is 19.8 Å². The van der Waals surface area contributed by atoms with Crippen molar-refractivity contribution >= 4 is 22.7 Å². The van der Waals surface area contributed by atoms with Crippen LogP contribution in [0.5, 0.6) is 0 Å². The molecule has 6 heteroatoms. The van der Waals surface area contributed by atoms with Gasteiger partial charge in [-0.2, -0.15) is 5.10 Å².